The Morgan fingerprint density at radius 1 is 1.03 bits per heavy atom. The summed E-state index contributed by atoms with van der Waals surface area (Å²) in [6.07, 6.45) is 0. The van der Waals surface area contributed by atoms with Crippen molar-refractivity contribution < 1.29 is 4.79 Å². The molecule has 0 fully saturated rings. The van der Waals surface area contributed by atoms with Gasteiger partial charge >= 0.3 is 0 Å². The second-order valence-corrected chi connectivity index (χ2v) is 9.57. The van der Waals surface area contributed by atoms with Crippen LogP contribution >= 0.6 is 0 Å². The van der Waals surface area contributed by atoms with Crippen LogP contribution < -0.4 is 5.73 Å². The number of carbonyl (C=O) groups excluding carboxylic acids is 1. The fourth-order valence-electron chi connectivity index (χ4n) is 4.45. The van der Waals surface area contributed by atoms with Gasteiger partial charge in [-0.2, -0.15) is 5.10 Å². The van der Waals surface area contributed by atoms with Crippen LogP contribution in [0.4, 0.5) is 0 Å². The highest BCUT2D eigenvalue weighted by atomic mass is 16.1. The quantitative estimate of drug-likeness (QED) is 0.693. The molecular formula is C25H30N4O. The highest BCUT2D eigenvalue weighted by Gasteiger charge is 2.31. The highest BCUT2D eigenvalue weighted by Crippen LogP contribution is 2.37. The fourth-order valence-corrected chi connectivity index (χ4v) is 4.45. The van der Waals surface area contributed by atoms with Gasteiger partial charge in [-0.25, -0.2) is 4.68 Å². The molecule has 0 saturated carbocycles. The number of hydrogen-bond donors (Lipinski definition) is 1. The molecule has 2 aromatic carbocycles. The van der Waals surface area contributed by atoms with E-state index in [2.05, 4.69) is 62.4 Å². The van der Waals surface area contributed by atoms with Crippen molar-refractivity contribution in [2.24, 2.45) is 11.1 Å². The average molecular weight is 403 g/mol. The minimum absolute atomic E-state index is 0.231. The Hall–Kier alpha value is -2.92. The van der Waals surface area contributed by atoms with Crippen molar-refractivity contribution >= 4 is 5.91 Å². The number of hydrogen-bond acceptors (Lipinski definition) is 3. The number of fused-ring (bicyclic) bond motifs is 1. The first kappa shape index (κ1) is 20.4. The molecule has 0 radical (unpaired) electrons. The summed E-state index contributed by atoms with van der Waals surface area (Å²) in [6, 6.07) is 13.9. The van der Waals surface area contributed by atoms with Crippen LogP contribution in [0.2, 0.25) is 0 Å². The predicted molar refractivity (Wildman–Crippen MR) is 121 cm³/mol. The topological polar surface area (TPSA) is 64.2 Å². The number of primary amides is 1. The maximum atomic E-state index is 11.5. The smallest absolute Gasteiger partial charge is 0.248 e. The van der Waals surface area contributed by atoms with Crippen molar-refractivity contribution in [1.29, 1.82) is 0 Å². The van der Waals surface area contributed by atoms with Crippen LogP contribution in [-0.4, -0.2) is 27.1 Å². The lowest BCUT2D eigenvalue weighted by atomic mass is 9.96. The van der Waals surface area contributed by atoms with Crippen LogP contribution in [0.3, 0.4) is 0 Å². The van der Waals surface area contributed by atoms with E-state index >= 15 is 0 Å². The third kappa shape index (κ3) is 3.77. The maximum absolute atomic E-state index is 11.5. The Labute approximate surface area is 178 Å². The second kappa shape index (κ2) is 7.40. The standard InChI is InChI=1S/C25H30N4O/c1-16-7-6-8-17(2)22(16)29-23(18-9-11-19(12-10-18)24(26)30)20-13-28(14-21(20)27-29)15-25(3,4)5/h6-12H,13-15H2,1-5H3,(H2,26,30). The molecule has 5 nitrogen and oxygen atoms in total. The summed E-state index contributed by atoms with van der Waals surface area (Å²) in [5, 5.41) is 5.08. The summed E-state index contributed by atoms with van der Waals surface area (Å²) >= 11 is 0. The van der Waals surface area contributed by atoms with Gasteiger partial charge in [-0.1, -0.05) is 51.1 Å². The van der Waals surface area contributed by atoms with Gasteiger partial charge in [0.05, 0.1) is 17.1 Å². The molecule has 0 saturated heterocycles. The summed E-state index contributed by atoms with van der Waals surface area (Å²) in [4.78, 5) is 14.0. The first-order valence-electron chi connectivity index (χ1n) is 10.4. The average Bonchev–Trinajstić information content (AvgIpc) is 3.17. The summed E-state index contributed by atoms with van der Waals surface area (Å²) in [7, 11) is 0. The molecule has 5 heteroatoms. The third-order valence-electron chi connectivity index (χ3n) is 5.61. The Balaban J connectivity index is 1.85. The molecule has 0 atom stereocenters. The molecule has 1 amide bonds. The summed E-state index contributed by atoms with van der Waals surface area (Å²) in [6.45, 7) is 13.8. The van der Waals surface area contributed by atoms with Gasteiger partial charge in [0.15, 0.2) is 0 Å². The molecule has 1 aromatic heterocycles. The molecule has 3 aromatic rings. The number of rotatable bonds is 4. The lowest BCUT2D eigenvalue weighted by molar-refractivity contribution is 0.100. The van der Waals surface area contributed by atoms with E-state index in [1.54, 1.807) is 12.1 Å². The van der Waals surface area contributed by atoms with Gasteiger partial charge < -0.3 is 5.73 Å². The van der Waals surface area contributed by atoms with Gasteiger partial charge in [-0.05, 0) is 42.5 Å². The molecule has 1 aliphatic heterocycles. The van der Waals surface area contributed by atoms with E-state index in [0.29, 0.717) is 5.56 Å². The zero-order valence-electron chi connectivity index (χ0n) is 18.5. The minimum Gasteiger partial charge on any atom is -0.366 e. The van der Waals surface area contributed by atoms with Crippen LogP contribution in [0.15, 0.2) is 42.5 Å². The fraction of sp³-hybridized carbons (Fsp3) is 0.360. The van der Waals surface area contributed by atoms with Gasteiger partial charge in [0.1, 0.15) is 0 Å². The van der Waals surface area contributed by atoms with Gasteiger partial charge in [-0.15, -0.1) is 0 Å². The molecule has 0 bridgehead atoms. The number of nitrogens with zero attached hydrogens (tertiary/aromatic N) is 3. The second-order valence-electron chi connectivity index (χ2n) is 9.57. The van der Waals surface area contributed by atoms with E-state index in [4.69, 9.17) is 10.8 Å². The summed E-state index contributed by atoms with van der Waals surface area (Å²) in [5.41, 5.74) is 14.3. The molecule has 4 rings (SSSR count). The van der Waals surface area contributed by atoms with E-state index in [1.165, 1.54) is 16.7 Å². The van der Waals surface area contributed by atoms with E-state index < -0.39 is 5.91 Å². The molecule has 2 heterocycles. The third-order valence-corrected chi connectivity index (χ3v) is 5.61. The van der Waals surface area contributed by atoms with E-state index in [-0.39, 0.29) is 5.41 Å². The van der Waals surface area contributed by atoms with Crippen molar-refractivity contribution in [3.8, 4) is 16.9 Å². The van der Waals surface area contributed by atoms with Crippen LogP contribution in [-0.2, 0) is 13.1 Å². The van der Waals surface area contributed by atoms with Crippen LogP contribution in [0, 0.1) is 19.3 Å². The number of amides is 1. The first-order chi connectivity index (χ1) is 14.1. The van der Waals surface area contributed by atoms with E-state index in [1.807, 2.05) is 12.1 Å². The zero-order chi connectivity index (χ0) is 21.6. The summed E-state index contributed by atoms with van der Waals surface area (Å²) in [5.74, 6) is -0.411. The Morgan fingerprint density at radius 2 is 1.67 bits per heavy atom. The van der Waals surface area contributed by atoms with Crippen molar-refractivity contribution in [3.63, 3.8) is 0 Å². The number of aryl methyl sites for hydroxylation is 2. The molecule has 0 unspecified atom stereocenters. The molecule has 156 valence electrons. The minimum atomic E-state index is -0.411. The molecule has 0 aliphatic carbocycles. The van der Waals surface area contributed by atoms with Crippen LogP contribution in [0.1, 0.15) is 53.5 Å². The van der Waals surface area contributed by atoms with E-state index in [9.17, 15) is 4.79 Å². The zero-order valence-corrected chi connectivity index (χ0v) is 18.5. The Bertz CT molecular complexity index is 1080. The number of nitrogens with two attached hydrogens (primary N) is 1. The van der Waals surface area contributed by atoms with Gasteiger partial charge in [0.25, 0.3) is 0 Å². The molecular weight excluding hydrogens is 372 g/mol. The van der Waals surface area contributed by atoms with E-state index in [0.717, 1.165) is 42.3 Å². The Morgan fingerprint density at radius 3 is 2.23 bits per heavy atom. The summed E-state index contributed by atoms with van der Waals surface area (Å²) < 4.78 is 2.10. The first-order valence-corrected chi connectivity index (χ1v) is 10.4. The molecule has 30 heavy (non-hydrogen) atoms. The largest absolute Gasteiger partial charge is 0.366 e. The van der Waals surface area contributed by atoms with Crippen molar-refractivity contribution in [2.75, 3.05) is 6.54 Å². The monoisotopic (exact) mass is 402 g/mol. The van der Waals surface area contributed by atoms with Crippen LogP contribution in [0.25, 0.3) is 16.9 Å². The molecule has 1 aliphatic rings. The van der Waals surface area contributed by atoms with Gasteiger partial charge in [-0.3, -0.25) is 9.69 Å². The van der Waals surface area contributed by atoms with Crippen molar-refractivity contribution in [1.82, 2.24) is 14.7 Å². The number of benzene rings is 2. The lowest BCUT2D eigenvalue weighted by Crippen LogP contribution is -2.28. The molecule has 2 N–H and O–H groups in total. The normalized spacial score (nSPS) is 14.2. The maximum Gasteiger partial charge on any atom is 0.248 e. The number of aromatic nitrogens is 2. The van der Waals surface area contributed by atoms with Crippen molar-refractivity contribution in [3.05, 3.63) is 70.4 Å². The Kier molecular flexibility index (Phi) is 5.02. The van der Waals surface area contributed by atoms with Crippen LogP contribution in [0.5, 0.6) is 0 Å². The van der Waals surface area contributed by atoms with Gasteiger partial charge in [0.2, 0.25) is 5.91 Å². The highest BCUT2D eigenvalue weighted by molar-refractivity contribution is 5.93. The molecule has 0 spiro atoms. The number of carbonyl (C=O) groups is 1. The lowest BCUT2D eigenvalue weighted by Gasteiger charge is -2.26. The number of para-hydroxylation sites is 1. The predicted octanol–water partition coefficient (Wildman–Crippen LogP) is 4.62. The SMILES string of the molecule is Cc1cccc(C)c1-n1nc2c(c1-c1ccc(C(N)=O)cc1)CN(CC(C)(C)C)C2. The van der Waals surface area contributed by atoms with Gasteiger partial charge in [0, 0.05) is 36.3 Å². The van der Waals surface area contributed by atoms with Crippen molar-refractivity contribution in [2.45, 2.75) is 47.7 Å².